The second-order valence-corrected chi connectivity index (χ2v) is 6.54. The predicted molar refractivity (Wildman–Crippen MR) is 89.7 cm³/mol. The van der Waals surface area contributed by atoms with Crippen molar-refractivity contribution in [2.24, 2.45) is 0 Å². The third-order valence-corrected chi connectivity index (χ3v) is 4.85. The standard InChI is InChI=1S/C17H17N3S/c18-15-7-8-16(17-14(15)4-1-9-19-17)20(12-5-6-12)11-13-3-2-10-21-13/h1-4,7-10,12H,5-6,11,18H2. The molecule has 2 N–H and O–H groups in total. The average molecular weight is 295 g/mol. The van der Waals surface area contributed by atoms with Crippen LogP contribution in [0.3, 0.4) is 0 Å². The summed E-state index contributed by atoms with van der Waals surface area (Å²) in [7, 11) is 0. The summed E-state index contributed by atoms with van der Waals surface area (Å²) in [6.07, 6.45) is 4.38. The molecule has 0 amide bonds. The van der Waals surface area contributed by atoms with Crippen molar-refractivity contribution in [3.8, 4) is 0 Å². The number of rotatable bonds is 4. The van der Waals surface area contributed by atoms with Crippen LogP contribution in [-0.2, 0) is 6.54 Å². The van der Waals surface area contributed by atoms with Crippen LogP contribution < -0.4 is 10.6 Å². The third kappa shape index (κ3) is 2.36. The van der Waals surface area contributed by atoms with Crippen molar-refractivity contribution in [2.75, 3.05) is 10.6 Å². The van der Waals surface area contributed by atoms with Gasteiger partial charge in [0.2, 0.25) is 0 Å². The number of pyridine rings is 1. The Balaban J connectivity index is 1.81. The molecule has 1 aliphatic carbocycles. The zero-order valence-corrected chi connectivity index (χ0v) is 12.5. The molecular formula is C17H17N3S. The molecule has 4 heteroatoms. The molecular weight excluding hydrogens is 278 g/mol. The molecule has 106 valence electrons. The molecule has 2 heterocycles. The number of hydrogen-bond acceptors (Lipinski definition) is 4. The monoisotopic (exact) mass is 295 g/mol. The molecule has 1 aliphatic rings. The first-order valence-electron chi connectivity index (χ1n) is 7.25. The summed E-state index contributed by atoms with van der Waals surface area (Å²) >= 11 is 1.81. The molecule has 1 saturated carbocycles. The van der Waals surface area contributed by atoms with E-state index in [0.29, 0.717) is 6.04 Å². The molecule has 0 unspecified atom stereocenters. The first-order chi connectivity index (χ1) is 10.3. The van der Waals surface area contributed by atoms with E-state index in [-0.39, 0.29) is 0 Å². The molecule has 0 atom stereocenters. The van der Waals surface area contributed by atoms with Gasteiger partial charge < -0.3 is 10.6 Å². The van der Waals surface area contributed by atoms with E-state index in [1.165, 1.54) is 23.4 Å². The number of nitrogens with zero attached hydrogens (tertiary/aromatic N) is 2. The number of nitrogen functional groups attached to an aromatic ring is 1. The lowest BCUT2D eigenvalue weighted by molar-refractivity contribution is 0.806. The third-order valence-electron chi connectivity index (χ3n) is 3.99. The Kier molecular flexibility index (Phi) is 3.04. The summed E-state index contributed by atoms with van der Waals surface area (Å²) in [5.74, 6) is 0. The highest BCUT2D eigenvalue weighted by Crippen LogP contribution is 2.38. The van der Waals surface area contributed by atoms with Gasteiger partial charge in [-0.3, -0.25) is 4.98 Å². The molecule has 0 aliphatic heterocycles. The number of thiophene rings is 1. The number of nitrogens with two attached hydrogens (primary N) is 1. The van der Waals surface area contributed by atoms with Crippen LogP contribution in [0.25, 0.3) is 10.9 Å². The maximum Gasteiger partial charge on any atom is 0.0956 e. The van der Waals surface area contributed by atoms with Crippen molar-refractivity contribution in [2.45, 2.75) is 25.4 Å². The lowest BCUT2D eigenvalue weighted by atomic mass is 10.1. The van der Waals surface area contributed by atoms with Crippen molar-refractivity contribution < 1.29 is 0 Å². The minimum atomic E-state index is 0.640. The second kappa shape index (κ2) is 5.04. The summed E-state index contributed by atoms with van der Waals surface area (Å²) in [6, 6.07) is 13.1. The maximum absolute atomic E-state index is 6.10. The smallest absolute Gasteiger partial charge is 0.0956 e. The fraction of sp³-hybridized carbons (Fsp3) is 0.235. The van der Waals surface area contributed by atoms with Gasteiger partial charge in [-0.25, -0.2) is 0 Å². The molecule has 2 aromatic heterocycles. The van der Waals surface area contributed by atoms with E-state index in [9.17, 15) is 0 Å². The van der Waals surface area contributed by atoms with Gasteiger partial charge >= 0.3 is 0 Å². The van der Waals surface area contributed by atoms with Gasteiger partial charge in [-0.05, 0) is 48.6 Å². The van der Waals surface area contributed by atoms with Crippen LogP contribution in [0.2, 0.25) is 0 Å². The van der Waals surface area contributed by atoms with Crippen LogP contribution in [0.1, 0.15) is 17.7 Å². The van der Waals surface area contributed by atoms with E-state index < -0.39 is 0 Å². The first-order valence-corrected chi connectivity index (χ1v) is 8.13. The fourth-order valence-corrected chi connectivity index (χ4v) is 3.48. The highest BCUT2D eigenvalue weighted by molar-refractivity contribution is 7.09. The highest BCUT2D eigenvalue weighted by atomic mass is 32.1. The minimum absolute atomic E-state index is 0.640. The molecule has 1 aromatic carbocycles. The second-order valence-electron chi connectivity index (χ2n) is 5.51. The molecule has 0 spiro atoms. The van der Waals surface area contributed by atoms with Crippen LogP contribution in [0.5, 0.6) is 0 Å². The molecule has 3 nitrogen and oxygen atoms in total. The first kappa shape index (κ1) is 12.7. The van der Waals surface area contributed by atoms with Gasteiger partial charge in [-0.2, -0.15) is 0 Å². The van der Waals surface area contributed by atoms with Crippen LogP contribution in [-0.4, -0.2) is 11.0 Å². The van der Waals surface area contributed by atoms with Gasteiger partial charge in [0.05, 0.1) is 17.7 Å². The van der Waals surface area contributed by atoms with Crippen LogP contribution in [0.4, 0.5) is 11.4 Å². The van der Waals surface area contributed by atoms with Gasteiger partial charge in [0.25, 0.3) is 0 Å². The van der Waals surface area contributed by atoms with Crippen molar-refractivity contribution in [1.82, 2.24) is 4.98 Å². The number of hydrogen-bond donors (Lipinski definition) is 1. The number of aromatic nitrogens is 1. The summed E-state index contributed by atoms with van der Waals surface area (Å²) in [4.78, 5) is 8.46. The van der Waals surface area contributed by atoms with Gasteiger partial charge in [-0.1, -0.05) is 6.07 Å². The summed E-state index contributed by atoms with van der Waals surface area (Å²) in [5, 5.41) is 3.19. The van der Waals surface area contributed by atoms with E-state index in [2.05, 4.69) is 39.5 Å². The summed E-state index contributed by atoms with van der Waals surface area (Å²) in [6.45, 7) is 0.956. The predicted octanol–water partition coefficient (Wildman–Crippen LogP) is 4.05. The van der Waals surface area contributed by atoms with E-state index in [4.69, 9.17) is 5.73 Å². The van der Waals surface area contributed by atoms with E-state index in [1.54, 1.807) is 0 Å². The van der Waals surface area contributed by atoms with Crippen LogP contribution in [0.15, 0.2) is 48.0 Å². The Morgan fingerprint density at radius 1 is 1.19 bits per heavy atom. The van der Waals surface area contributed by atoms with Crippen molar-refractivity contribution in [1.29, 1.82) is 0 Å². The zero-order chi connectivity index (χ0) is 14.2. The Hall–Kier alpha value is -2.07. The molecule has 0 saturated heterocycles. The average Bonchev–Trinajstić information content (AvgIpc) is 3.23. The van der Waals surface area contributed by atoms with Crippen LogP contribution >= 0.6 is 11.3 Å². The van der Waals surface area contributed by atoms with Crippen LogP contribution in [0, 0.1) is 0 Å². The lowest BCUT2D eigenvalue weighted by Gasteiger charge is -2.25. The molecule has 0 radical (unpaired) electrons. The molecule has 21 heavy (non-hydrogen) atoms. The Bertz CT molecular complexity index is 763. The number of anilines is 2. The molecule has 3 aromatic rings. The highest BCUT2D eigenvalue weighted by Gasteiger charge is 2.30. The molecule has 1 fully saturated rings. The lowest BCUT2D eigenvalue weighted by Crippen LogP contribution is -2.25. The molecule has 4 rings (SSSR count). The van der Waals surface area contributed by atoms with E-state index in [0.717, 1.165) is 23.1 Å². The zero-order valence-electron chi connectivity index (χ0n) is 11.7. The summed E-state index contributed by atoms with van der Waals surface area (Å²) < 4.78 is 0. The van der Waals surface area contributed by atoms with Gasteiger partial charge in [0.1, 0.15) is 0 Å². The maximum atomic E-state index is 6.10. The van der Waals surface area contributed by atoms with Gasteiger partial charge in [0, 0.05) is 28.2 Å². The number of fused-ring (bicyclic) bond motifs is 1. The largest absolute Gasteiger partial charge is 0.398 e. The van der Waals surface area contributed by atoms with Gasteiger partial charge in [-0.15, -0.1) is 11.3 Å². The van der Waals surface area contributed by atoms with Crippen molar-refractivity contribution in [3.63, 3.8) is 0 Å². The minimum Gasteiger partial charge on any atom is -0.398 e. The number of benzene rings is 1. The normalized spacial score (nSPS) is 14.5. The molecule has 0 bridgehead atoms. The van der Waals surface area contributed by atoms with E-state index in [1.807, 2.05) is 29.7 Å². The Labute approximate surface area is 128 Å². The summed E-state index contributed by atoms with van der Waals surface area (Å²) in [5.41, 5.74) is 9.12. The Morgan fingerprint density at radius 2 is 2.10 bits per heavy atom. The van der Waals surface area contributed by atoms with Gasteiger partial charge in [0.15, 0.2) is 0 Å². The quantitative estimate of drug-likeness (QED) is 0.738. The SMILES string of the molecule is Nc1ccc(N(Cc2cccs2)C2CC2)c2ncccc12. The fourth-order valence-electron chi connectivity index (χ4n) is 2.78. The van der Waals surface area contributed by atoms with Crippen molar-refractivity contribution >= 4 is 33.6 Å². The topological polar surface area (TPSA) is 42.1 Å². The van der Waals surface area contributed by atoms with E-state index >= 15 is 0 Å². The van der Waals surface area contributed by atoms with Crippen molar-refractivity contribution in [3.05, 3.63) is 52.9 Å². The Morgan fingerprint density at radius 3 is 2.86 bits per heavy atom.